The number of rotatable bonds is 6. The number of phenolic OH excluding ortho intramolecular Hbond substituents is 1. The van der Waals surface area contributed by atoms with E-state index < -0.39 is 0 Å². The number of fused-ring (bicyclic) bond motifs is 1. The van der Waals surface area contributed by atoms with Crippen LogP contribution in [0.5, 0.6) is 17.2 Å². The van der Waals surface area contributed by atoms with Crippen LogP contribution in [0, 0.1) is 6.92 Å². The van der Waals surface area contributed by atoms with Crippen LogP contribution in [0.3, 0.4) is 0 Å². The number of Topliss-reactive ketones (excluding diaryl/α,β-unsaturated/α-hetero) is 1. The fourth-order valence-corrected chi connectivity index (χ4v) is 5.24. The molecule has 0 amide bonds. The standard InChI is InChI=1S/C29H29BrN2O4/c1-19-14-24(33)23(18-32-12-10-31(11-13-32)17-20-6-4-3-5-7-20)29-27(19)28(34)26(36-29)16-21-15-22(30)8-9-25(21)35-2/h3-9,14-16,33H,10-13,17-18H2,1-2H3/b26-16-. The minimum absolute atomic E-state index is 0.159. The van der Waals surface area contributed by atoms with Gasteiger partial charge in [0.2, 0.25) is 5.78 Å². The van der Waals surface area contributed by atoms with Gasteiger partial charge in [-0.2, -0.15) is 0 Å². The normalized spacial score (nSPS) is 17.3. The van der Waals surface area contributed by atoms with Gasteiger partial charge in [-0.3, -0.25) is 14.6 Å². The van der Waals surface area contributed by atoms with E-state index in [4.69, 9.17) is 9.47 Å². The summed E-state index contributed by atoms with van der Waals surface area (Å²) < 4.78 is 12.5. The topological polar surface area (TPSA) is 62.2 Å². The van der Waals surface area contributed by atoms with E-state index in [-0.39, 0.29) is 17.3 Å². The molecule has 7 heteroatoms. The summed E-state index contributed by atoms with van der Waals surface area (Å²) in [5.74, 6) is 1.31. The highest BCUT2D eigenvalue weighted by Crippen LogP contribution is 2.43. The highest BCUT2D eigenvalue weighted by Gasteiger charge is 2.34. The quantitative estimate of drug-likeness (QED) is 0.416. The first-order chi connectivity index (χ1) is 17.4. The lowest BCUT2D eigenvalue weighted by atomic mass is 9.99. The molecule has 0 radical (unpaired) electrons. The molecule has 0 aliphatic carbocycles. The van der Waals surface area contributed by atoms with Gasteiger partial charge >= 0.3 is 0 Å². The van der Waals surface area contributed by atoms with Crippen LogP contribution in [-0.4, -0.2) is 54.0 Å². The fraction of sp³-hybridized carbons (Fsp3) is 0.276. The number of nitrogens with zero attached hydrogens (tertiary/aromatic N) is 2. The number of benzene rings is 3. The first kappa shape index (κ1) is 24.6. The van der Waals surface area contributed by atoms with E-state index in [1.807, 2.05) is 31.2 Å². The molecule has 0 atom stereocenters. The molecule has 0 unspecified atom stereocenters. The van der Waals surface area contributed by atoms with Crippen molar-refractivity contribution in [2.24, 2.45) is 0 Å². The Bertz CT molecular complexity index is 1310. The Hall–Kier alpha value is -3.13. The van der Waals surface area contributed by atoms with Crippen molar-refractivity contribution in [3.63, 3.8) is 0 Å². The van der Waals surface area contributed by atoms with Gasteiger partial charge in [0, 0.05) is 49.3 Å². The van der Waals surface area contributed by atoms with Gasteiger partial charge in [-0.1, -0.05) is 46.3 Å². The largest absolute Gasteiger partial charge is 0.507 e. The maximum absolute atomic E-state index is 13.3. The van der Waals surface area contributed by atoms with Crippen LogP contribution in [0.1, 0.15) is 32.6 Å². The number of aromatic hydroxyl groups is 1. The molecule has 0 bridgehead atoms. The lowest BCUT2D eigenvalue weighted by Crippen LogP contribution is -2.45. The zero-order valence-corrected chi connectivity index (χ0v) is 22.0. The van der Waals surface area contributed by atoms with Crippen LogP contribution in [0.25, 0.3) is 6.08 Å². The highest BCUT2D eigenvalue weighted by atomic mass is 79.9. The molecule has 0 spiro atoms. The minimum Gasteiger partial charge on any atom is -0.507 e. The number of allylic oxidation sites excluding steroid dienone is 1. The molecule has 6 nitrogen and oxygen atoms in total. The van der Waals surface area contributed by atoms with E-state index in [9.17, 15) is 9.90 Å². The Labute approximate surface area is 219 Å². The molecule has 3 aromatic rings. The summed E-state index contributed by atoms with van der Waals surface area (Å²) in [6, 6.07) is 17.8. The summed E-state index contributed by atoms with van der Waals surface area (Å²) in [7, 11) is 1.59. The molecule has 2 heterocycles. The van der Waals surface area contributed by atoms with Crippen molar-refractivity contribution in [2.45, 2.75) is 20.0 Å². The van der Waals surface area contributed by atoms with E-state index in [2.05, 4.69) is 50.0 Å². The van der Waals surface area contributed by atoms with Crippen LogP contribution in [0.2, 0.25) is 0 Å². The van der Waals surface area contributed by atoms with E-state index >= 15 is 0 Å². The lowest BCUT2D eigenvalue weighted by Gasteiger charge is -2.35. The number of hydrogen-bond donors (Lipinski definition) is 1. The first-order valence-corrected chi connectivity index (χ1v) is 12.8. The Morgan fingerprint density at radius 1 is 1.03 bits per heavy atom. The molecule has 2 aliphatic rings. The van der Waals surface area contributed by atoms with Gasteiger partial charge in [-0.25, -0.2) is 0 Å². The van der Waals surface area contributed by atoms with Gasteiger partial charge in [0.25, 0.3) is 0 Å². The summed E-state index contributed by atoms with van der Waals surface area (Å²) in [4.78, 5) is 18.1. The van der Waals surface area contributed by atoms with E-state index in [1.165, 1.54) is 5.56 Å². The number of halogens is 1. The number of hydrogen-bond acceptors (Lipinski definition) is 6. The third-order valence-electron chi connectivity index (χ3n) is 6.79. The summed E-state index contributed by atoms with van der Waals surface area (Å²) in [6.07, 6.45) is 1.70. The minimum atomic E-state index is -0.182. The number of methoxy groups -OCH3 is 1. The van der Waals surface area contributed by atoms with Crippen LogP contribution in [-0.2, 0) is 13.1 Å². The van der Waals surface area contributed by atoms with E-state index in [1.54, 1.807) is 19.3 Å². The number of piperazine rings is 1. The third-order valence-corrected chi connectivity index (χ3v) is 7.29. The average molecular weight is 549 g/mol. The number of aryl methyl sites for hydroxylation is 1. The van der Waals surface area contributed by atoms with Gasteiger partial charge < -0.3 is 14.6 Å². The number of ether oxygens (including phenoxy) is 2. The second-order valence-corrected chi connectivity index (χ2v) is 10.2. The molecule has 1 N–H and O–H groups in total. The van der Waals surface area contributed by atoms with Crippen molar-refractivity contribution >= 4 is 27.8 Å². The van der Waals surface area contributed by atoms with E-state index in [0.717, 1.165) is 42.8 Å². The monoisotopic (exact) mass is 548 g/mol. The number of carbonyl (C=O) groups excluding carboxylic acids is 1. The smallest absolute Gasteiger partial charge is 0.232 e. The predicted molar refractivity (Wildman–Crippen MR) is 143 cm³/mol. The van der Waals surface area contributed by atoms with Crippen molar-refractivity contribution in [2.75, 3.05) is 33.3 Å². The van der Waals surface area contributed by atoms with Crippen molar-refractivity contribution < 1.29 is 19.4 Å². The number of carbonyl (C=O) groups is 1. The highest BCUT2D eigenvalue weighted by molar-refractivity contribution is 9.10. The molecule has 2 aliphatic heterocycles. The van der Waals surface area contributed by atoms with E-state index in [0.29, 0.717) is 34.7 Å². The third kappa shape index (κ3) is 5.05. The number of phenols is 1. The first-order valence-electron chi connectivity index (χ1n) is 12.0. The van der Waals surface area contributed by atoms with Crippen molar-refractivity contribution in [3.8, 4) is 17.2 Å². The Kier molecular flexibility index (Phi) is 7.14. The predicted octanol–water partition coefficient (Wildman–Crippen LogP) is 5.41. The summed E-state index contributed by atoms with van der Waals surface area (Å²) >= 11 is 3.48. The maximum atomic E-state index is 13.3. The molecular weight excluding hydrogens is 520 g/mol. The average Bonchev–Trinajstić information content (AvgIpc) is 3.19. The van der Waals surface area contributed by atoms with Crippen molar-refractivity contribution in [1.82, 2.24) is 9.80 Å². The Balaban J connectivity index is 1.35. The lowest BCUT2D eigenvalue weighted by molar-refractivity contribution is 0.101. The molecule has 186 valence electrons. The van der Waals surface area contributed by atoms with Gasteiger partial charge in [-0.05, 0) is 48.4 Å². The summed E-state index contributed by atoms with van der Waals surface area (Å²) in [6.45, 7) is 6.92. The maximum Gasteiger partial charge on any atom is 0.232 e. The van der Waals surface area contributed by atoms with Crippen molar-refractivity contribution in [1.29, 1.82) is 0 Å². The fourth-order valence-electron chi connectivity index (χ4n) is 4.86. The zero-order chi connectivity index (χ0) is 25.2. The summed E-state index contributed by atoms with van der Waals surface area (Å²) in [5.41, 5.74) is 3.93. The van der Waals surface area contributed by atoms with Crippen LogP contribution in [0.15, 0.2) is 64.8 Å². The van der Waals surface area contributed by atoms with Gasteiger partial charge in [-0.15, -0.1) is 0 Å². The van der Waals surface area contributed by atoms with Crippen LogP contribution in [0.4, 0.5) is 0 Å². The van der Waals surface area contributed by atoms with Gasteiger partial charge in [0.1, 0.15) is 17.2 Å². The van der Waals surface area contributed by atoms with Crippen LogP contribution < -0.4 is 9.47 Å². The molecular formula is C29H29BrN2O4. The number of ketones is 1. The summed E-state index contributed by atoms with van der Waals surface area (Å²) in [5, 5.41) is 10.8. The van der Waals surface area contributed by atoms with Crippen molar-refractivity contribution in [3.05, 3.63) is 92.6 Å². The molecule has 1 saturated heterocycles. The molecule has 36 heavy (non-hydrogen) atoms. The SMILES string of the molecule is COc1ccc(Br)cc1/C=C1\Oc2c(CN3CCN(Cc4ccccc4)CC3)c(O)cc(C)c2C1=O. The molecule has 3 aromatic carbocycles. The zero-order valence-electron chi connectivity index (χ0n) is 20.5. The molecule has 1 fully saturated rings. The van der Waals surface area contributed by atoms with Gasteiger partial charge in [0.15, 0.2) is 5.76 Å². The molecule has 0 aromatic heterocycles. The Morgan fingerprint density at radius 2 is 1.72 bits per heavy atom. The molecule has 5 rings (SSSR count). The Morgan fingerprint density at radius 3 is 2.42 bits per heavy atom. The second kappa shape index (κ2) is 10.5. The molecule has 0 saturated carbocycles. The van der Waals surface area contributed by atoms with Gasteiger partial charge in [0.05, 0.1) is 18.2 Å². The van der Waals surface area contributed by atoms with Crippen LogP contribution >= 0.6 is 15.9 Å². The second-order valence-electron chi connectivity index (χ2n) is 9.26.